The Kier molecular flexibility index (Phi) is 5.42. The third-order valence-corrected chi connectivity index (χ3v) is 3.51. The Morgan fingerprint density at radius 3 is 2.41 bits per heavy atom. The maximum atomic E-state index is 11.9. The van der Waals surface area contributed by atoms with Gasteiger partial charge in [-0.2, -0.15) is 5.26 Å². The van der Waals surface area contributed by atoms with Crippen LogP contribution in [-0.4, -0.2) is 16.4 Å². The molecular weight excluding hydrogens is 327 g/mol. The molecule has 0 aliphatic carbocycles. The van der Waals surface area contributed by atoms with Gasteiger partial charge in [0.05, 0.1) is 11.6 Å². The lowest BCUT2D eigenvalue weighted by atomic mass is 10.1. The highest BCUT2D eigenvalue weighted by Crippen LogP contribution is 2.08. The largest absolute Gasteiger partial charge is 0.348 e. The van der Waals surface area contributed by atoms with E-state index >= 15 is 0 Å². The van der Waals surface area contributed by atoms with E-state index in [1.807, 2.05) is 6.07 Å². The number of nitrogens with one attached hydrogen (secondary N) is 1. The summed E-state index contributed by atoms with van der Waals surface area (Å²) in [6.07, 6.45) is 0. The first-order chi connectivity index (χ1) is 8.08. The fourth-order valence-electron chi connectivity index (χ4n) is 1.33. The summed E-state index contributed by atoms with van der Waals surface area (Å²) in [5.74, 6) is 0.332. The minimum absolute atomic E-state index is 0.0788. The van der Waals surface area contributed by atoms with Crippen molar-refractivity contribution in [1.82, 2.24) is 5.32 Å². The Hall–Kier alpha value is -1.09. The second-order valence-corrected chi connectivity index (χ2v) is 5.05. The lowest BCUT2D eigenvalue weighted by Crippen LogP contribution is -2.39. The van der Waals surface area contributed by atoms with Gasteiger partial charge >= 0.3 is 0 Å². The van der Waals surface area contributed by atoms with E-state index in [0.29, 0.717) is 17.0 Å². The van der Waals surface area contributed by atoms with Crippen LogP contribution in [0.2, 0.25) is 0 Å². The molecule has 0 aromatic heterocycles. The molecule has 0 saturated carbocycles. The number of rotatable bonds is 4. The quantitative estimate of drug-likeness (QED) is 0.676. The van der Waals surface area contributed by atoms with Crippen LogP contribution in [-0.2, 0) is 0 Å². The van der Waals surface area contributed by atoms with Crippen molar-refractivity contribution in [2.24, 2.45) is 5.92 Å². The summed E-state index contributed by atoms with van der Waals surface area (Å²) < 4.78 is 0.886. The van der Waals surface area contributed by atoms with Gasteiger partial charge in [-0.1, -0.05) is 36.4 Å². The second kappa shape index (κ2) is 6.60. The summed E-state index contributed by atoms with van der Waals surface area (Å²) >= 11 is 2.27. The van der Waals surface area contributed by atoms with Crippen LogP contribution in [0.25, 0.3) is 0 Å². The lowest BCUT2D eigenvalue weighted by molar-refractivity contribution is 0.0932. The fourth-order valence-corrected chi connectivity index (χ4v) is 2.57. The van der Waals surface area contributed by atoms with Crippen LogP contribution in [0.15, 0.2) is 24.3 Å². The molecule has 0 heterocycles. The predicted octanol–water partition coefficient (Wildman–Crippen LogP) is 2.75. The Labute approximate surface area is 115 Å². The number of carbonyl (C=O) groups excluding carboxylic acids is 1. The molecule has 90 valence electrons. The molecule has 1 unspecified atom stereocenters. The SMILES string of the molecule is CC(C)C(CI)NC(=O)c1ccc(C#N)cc1. The third kappa shape index (κ3) is 4.00. The molecule has 0 bridgehead atoms. The maximum absolute atomic E-state index is 11.9. The molecule has 0 aliphatic heterocycles. The fraction of sp³-hybridized carbons (Fsp3) is 0.385. The number of alkyl halides is 1. The molecule has 1 atom stereocenters. The van der Waals surface area contributed by atoms with E-state index in [4.69, 9.17) is 5.26 Å². The lowest BCUT2D eigenvalue weighted by Gasteiger charge is -2.19. The smallest absolute Gasteiger partial charge is 0.251 e. The number of amides is 1. The van der Waals surface area contributed by atoms with Crippen LogP contribution in [0.5, 0.6) is 0 Å². The number of hydrogen-bond donors (Lipinski definition) is 1. The first-order valence-electron chi connectivity index (χ1n) is 5.45. The molecule has 0 fully saturated rings. The third-order valence-electron chi connectivity index (χ3n) is 2.56. The highest BCUT2D eigenvalue weighted by atomic mass is 127. The Balaban J connectivity index is 2.73. The Morgan fingerprint density at radius 2 is 2.00 bits per heavy atom. The molecule has 1 N–H and O–H groups in total. The first-order valence-corrected chi connectivity index (χ1v) is 6.98. The number of nitrogens with zero attached hydrogens (tertiary/aromatic N) is 1. The zero-order valence-corrected chi connectivity index (χ0v) is 12.1. The van der Waals surface area contributed by atoms with Crippen LogP contribution in [0, 0.1) is 17.2 Å². The van der Waals surface area contributed by atoms with E-state index in [1.54, 1.807) is 24.3 Å². The monoisotopic (exact) mass is 342 g/mol. The van der Waals surface area contributed by atoms with Crippen molar-refractivity contribution in [2.75, 3.05) is 4.43 Å². The number of nitriles is 1. The van der Waals surface area contributed by atoms with Crippen molar-refractivity contribution in [3.63, 3.8) is 0 Å². The van der Waals surface area contributed by atoms with Gasteiger partial charge in [0.25, 0.3) is 5.91 Å². The highest BCUT2D eigenvalue weighted by molar-refractivity contribution is 14.1. The minimum atomic E-state index is -0.0788. The number of halogens is 1. The summed E-state index contributed by atoms with van der Waals surface area (Å²) in [7, 11) is 0. The van der Waals surface area contributed by atoms with E-state index < -0.39 is 0 Å². The Bertz CT molecular complexity index is 420. The number of hydrogen-bond acceptors (Lipinski definition) is 2. The summed E-state index contributed by atoms with van der Waals surface area (Å²) in [4.78, 5) is 11.9. The molecule has 4 heteroatoms. The standard InChI is InChI=1S/C13H15IN2O/c1-9(2)12(7-14)16-13(17)11-5-3-10(8-15)4-6-11/h3-6,9,12H,7H2,1-2H3,(H,16,17). The van der Waals surface area contributed by atoms with Gasteiger partial charge in [-0.05, 0) is 30.2 Å². The van der Waals surface area contributed by atoms with Gasteiger partial charge in [0.15, 0.2) is 0 Å². The molecule has 0 aliphatic rings. The normalized spacial score (nSPS) is 11.9. The van der Waals surface area contributed by atoms with Crippen molar-refractivity contribution < 1.29 is 4.79 Å². The van der Waals surface area contributed by atoms with E-state index in [9.17, 15) is 4.79 Å². The maximum Gasteiger partial charge on any atom is 0.251 e. The van der Waals surface area contributed by atoms with Gasteiger partial charge in [0, 0.05) is 16.0 Å². The summed E-state index contributed by atoms with van der Waals surface area (Å²) in [5.41, 5.74) is 1.16. The van der Waals surface area contributed by atoms with Crippen molar-refractivity contribution in [3.8, 4) is 6.07 Å². The van der Waals surface area contributed by atoms with Crippen molar-refractivity contribution in [3.05, 3.63) is 35.4 Å². The molecule has 1 amide bonds. The van der Waals surface area contributed by atoms with Gasteiger partial charge in [-0.15, -0.1) is 0 Å². The molecule has 0 radical (unpaired) electrons. The average Bonchev–Trinajstić information content (AvgIpc) is 2.35. The van der Waals surface area contributed by atoms with Crippen molar-refractivity contribution in [1.29, 1.82) is 5.26 Å². The molecule has 1 aromatic carbocycles. The molecule has 3 nitrogen and oxygen atoms in total. The van der Waals surface area contributed by atoms with Crippen molar-refractivity contribution in [2.45, 2.75) is 19.9 Å². The zero-order valence-electron chi connectivity index (χ0n) is 9.90. The minimum Gasteiger partial charge on any atom is -0.348 e. The van der Waals surface area contributed by atoms with E-state index in [0.717, 1.165) is 4.43 Å². The van der Waals surface area contributed by atoms with Gasteiger partial charge in [-0.25, -0.2) is 0 Å². The van der Waals surface area contributed by atoms with E-state index in [-0.39, 0.29) is 11.9 Å². The topological polar surface area (TPSA) is 52.9 Å². The summed E-state index contributed by atoms with van der Waals surface area (Å²) in [6, 6.07) is 8.88. The van der Waals surface area contributed by atoms with Gasteiger partial charge in [-0.3, -0.25) is 4.79 Å². The molecular formula is C13H15IN2O. The molecule has 0 saturated heterocycles. The predicted molar refractivity (Wildman–Crippen MR) is 76.1 cm³/mol. The van der Waals surface area contributed by atoms with Crippen LogP contribution in [0.3, 0.4) is 0 Å². The second-order valence-electron chi connectivity index (χ2n) is 4.17. The highest BCUT2D eigenvalue weighted by Gasteiger charge is 2.15. The van der Waals surface area contributed by atoms with Crippen LogP contribution >= 0.6 is 22.6 Å². The molecule has 0 spiro atoms. The van der Waals surface area contributed by atoms with Crippen molar-refractivity contribution >= 4 is 28.5 Å². The zero-order chi connectivity index (χ0) is 12.8. The molecule has 1 aromatic rings. The molecule has 1 rings (SSSR count). The van der Waals surface area contributed by atoms with E-state index in [2.05, 4.69) is 41.8 Å². The first kappa shape index (κ1) is 14.0. The van der Waals surface area contributed by atoms with Gasteiger partial charge < -0.3 is 5.32 Å². The Morgan fingerprint density at radius 1 is 1.41 bits per heavy atom. The van der Waals surface area contributed by atoms with E-state index in [1.165, 1.54) is 0 Å². The summed E-state index contributed by atoms with van der Waals surface area (Å²) in [5, 5.41) is 11.7. The van der Waals surface area contributed by atoms with Gasteiger partial charge in [0.2, 0.25) is 0 Å². The molecule has 17 heavy (non-hydrogen) atoms. The van der Waals surface area contributed by atoms with Crippen LogP contribution < -0.4 is 5.32 Å². The average molecular weight is 342 g/mol. The van der Waals surface area contributed by atoms with Gasteiger partial charge in [0.1, 0.15) is 0 Å². The number of benzene rings is 1. The number of carbonyl (C=O) groups is 1. The summed E-state index contributed by atoms with van der Waals surface area (Å²) in [6.45, 7) is 4.17. The van der Waals surface area contributed by atoms with Crippen LogP contribution in [0.4, 0.5) is 0 Å². The van der Waals surface area contributed by atoms with Crippen LogP contribution in [0.1, 0.15) is 29.8 Å².